The van der Waals surface area contributed by atoms with Crippen molar-refractivity contribution >= 4 is 167 Å². The number of benzene rings is 8. The lowest BCUT2D eigenvalue weighted by atomic mass is 9.93. The van der Waals surface area contributed by atoms with Crippen LogP contribution in [0.4, 0.5) is 20.5 Å². The van der Waals surface area contributed by atoms with Gasteiger partial charge in [-0.15, -0.1) is 0 Å². The van der Waals surface area contributed by atoms with Crippen molar-refractivity contribution in [3.8, 4) is 44.5 Å². The van der Waals surface area contributed by atoms with Crippen LogP contribution in [0.25, 0.3) is 85.4 Å². The molecule has 97 heavy (non-hydrogen) atoms. The SMILES string of the molecule is CC(C)(C)C(=O)Cl.Cc1cc(C)c(-c2cccc3sc(N)nc23)c(C)c1.Cc1cc(C)c(-c2cccc3sc(N)nc23)c(C)c1Br.Cc1cc(C)c(-c2cccc3sc(NC(=O)C(C)(C)C)nc23)c(C)c1.Cc1cc(C)c(-c2cccc3sc(NC(=O)C(C)(C)C)nc23)c(C)c1Br. The highest BCUT2D eigenvalue weighted by atomic mass is 79.9. The first-order chi connectivity index (χ1) is 45.2. The van der Waals surface area contributed by atoms with Gasteiger partial charge in [0.1, 0.15) is 0 Å². The molecule has 11 nitrogen and oxygen atoms in total. The normalized spacial score (nSPS) is 11.5. The van der Waals surface area contributed by atoms with Crippen LogP contribution in [0, 0.1) is 99.3 Å². The molecule has 0 atom stereocenters. The highest BCUT2D eigenvalue weighted by Crippen LogP contribution is 2.43. The van der Waals surface area contributed by atoms with E-state index < -0.39 is 10.8 Å². The number of hydrogen-bond acceptors (Lipinski definition) is 13. The molecule has 0 unspecified atom stereocenters. The van der Waals surface area contributed by atoms with Crippen molar-refractivity contribution in [3.63, 3.8) is 0 Å². The molecule has 0 fully saturated rings. The van der Waals surface area contributed by atoms with Crippen LogP contribution in [0.15, 0.2) is 118 Å². The zero-order chi connectivity index (χ0) is 71.7. The molecule has 0 saturated heterocycles. The molecule has 12 rings (SSSR count). The van der Waals surface area contributed by atoms with E-state index in [1.165, 1.54) is 133 Å². The van der Waals surface area contributed by atoms with Crippen LogP contribution in [-0.4, -0.2) is 37.0 Å². The number of fused-ring (bicyclic) bond motifs is 4. The van der Waals surface area contributed by atoms with Gasteiger partial charge in [0, 0.05) is 47.4 Å². The number of halogens is 3. The van der Waals surface area contributed by atoms with Crippen molar-refractivity contribution in [3.05, 3.63) is 185 Å². The maximum absolute atomic E-state index is 12.3. The maximum atomic E-state index is 12.3. The number of nitrogens with two attached hydrogens (primary N) is 2. The van der Waals surface area contributed by atoms with Gasteiger partial charge in [-0.05, 0) is 197 Å². The number of nitrogen functional groups attached to an aromatic ring is 2. The number of nitrogens with one attached hydrogen (secondary N) is 2. The summed E-state index contributed by atoms with van der Waals surface area (Å²) in [6.45, 7) is 42.4. The van der Waals surface area contributed by atoms with Crippen LogP contribution < -0.4 is 22.1 Å². The minimum absolute atomic E-state index is 0.0178. The Bertz CT molecular complexity index is 4960. The smallest absolute Gasteiger partial charge is 0.231 e. The van der Waals surface area contributed by atoms with E-state index in [2.05, 4.69) is 245 Å². The number of amides is 2. The summed E-state index contributed by atoms with van der Waals surface area (Å²) in [6, 6.07) is 38.2. The number of nitrogens with zero attached hydrogens (tertiary/aromatic N) is 4. The van der Waals surface area contributed by atoms with E-state index in [0.29, 0.717) is 20.5 Å². The molecule has 506 valence electrons. The molecule has 4 heterocycles. The number of carbonyl (C=O) groups excluding carboxylic acids is 3. The second-order valence-electron chi connectivity index (χ2n) is 27.9. The lowest BCUT2D eigenvalue weighted by molar-refractivity contribution is -0.123. The Morgan fingerprint density at radius 3 is 0.918 bits per heavy atom. The third-order valence-electron chi connectivity index (χ3n) is 16.3. The Morgan fingerprint density at radius 2 is 0.639 bits per heavy atom. The topological polar surface area (TPSA) is 179 Å². The first-order valence-corrected chi connectivity index (χ1v) is 37.1. The van der Waals surface area contributed by atoms with Gasteiger partial charge < -0.3 is 22.1 Å². The summed E-state index contributed by atoms with van der Waals surface area (Å²) in [5.41, 5.74) is 38.9. The molecule has 4 aromatic heterocycles. The summed E-state index contributed by atoms with van der Waals surface area (Å²) in [6.07, 6.45) is 0. The van der Waals surface area contributed by atoms with E-state index in [1.807, 2.05) is 41.5 Å². The predicted octanol–water partition coefficient (Wildman–Crippen LogP) is 24.0. The van der Waals surface area contributed by atoms with Crippen molar-refractivity contribution in [2.24, 2.45) is 16.2 Å². The second-order valence-corrected chi connectivity index (χ2v) is 34.0. The number of rotatable bonds is 6. The Morgan fingerprint density at radius 1 is 0.381 bits per heavy atom. The fourth-order valence-corrected chi connectivity index (χ4v) is 15.6. The highest BCUT2D eigenvalue weighted by molar-refractivity contribution is 9.11. The van der Waals surface area contributed by atoms with Gasteiger partial charge in [-0.1, -0.05) is 236 Å². The second kappa shape index (κ2) is 30.5. The number of aromatic nitrogens is 4. The predicted molar refractivity (Wildman–Crippen MR) is 428 cm³/mol. The fraction of sp³-hybridized carbons (Fsp3) is 0.304. The van der Waals surface area contributed by atoms with Gasteiger partial charge in [0.15, 0.2) is 20.5 Å². The van der Waals surface area contributed by atoms with Crippen LogP contribution >= 0.6 is 88.8 Å². The Hall–Kier alpha value is -7.22. The largest absolute Gasteiger partial charge is 0.375 e. The first-order valence-electron chi connectivity index (χ1n) is 31.9. The van der Waals surface area contributed by atoms with E-state index in [1.54, 1.807) is 32.1 Å². The van der Waals surface area contributed by atoms with E-state index in [0.717, 1.165) is 62.0 Å². The van der Waals surface area contributed by atoms with Crippen LogP contribution in [-0.2, 0) is 14.4 Å². The number of carbonyl (C=O) groups is 3. The number of anilines is 4. The summed E-state index contributed by atoms with van der Waals surface area (Å²) < 4.78 is 6.73. The Labute approximate surface area is 609 Å². The molecule has 0 spiro atoms. The maximum Gasteiger partial charge on any atom is 0.231 e. The lowest BCUT2D eigenvalue weighted by Crippen LogP contribution is -2.27. The third-order valence-corrected chi connectivity index (χ3v) is 22.9. The number of para-hydroxylation sites is 4. The fourth-order valence-electron chi connectivity index (χ4n) is 11.7. The molecule has 0 aliphatic carbocycles. The van der Waals surface area contributed by atoms with Gasteiger partial charge in [0.05, 0.1) is 40.9 Å². The average molecular weight is 1520 g/mol. The van der Waals surface area contributed by atoms with Crippen molar-refractivity contribution in [1.82, 2.24) is 19.9 Å². The van der Waals surface area contributed by atoms with Crippen molar-refractivity contribution in [2.75, 3.05) is 22.1 Å². The molecule has 18 heteroatoms. The van der Waals surface area contributed by atoms with E-state index in [9.17, 15) is 14.4 Å². The van der Waals surface area contributed by atoms with E-state index in [4.69, 9.17) is 33.0 Å². The molecule has 2 amide bonds. The minimum atomic E-state index is -0.449. The molecule has 6 N–H and O–H groups in total. The Balaban J connectivity index is 0.000000161. The van der Waals surface area contributed by atoms with Gasteiger partial charge in [0.2, 0.25) is 17.1 Å². The van der Waals surface area contributed by atoms with Gasteiger partial charge in [-0.3, -0.25) is 14.4 Å². The number of aryl methyl sites for hydroxylation is 10. The summed E-state index contributed by atoms with van der Waals surface area (Å²) >= 11 is 18.6. The zero-order valence-electron chi connectivity index (χ0n) is 59.3. The molecule has 0 aliphatic rings. The quantitative estimate of drug-likeness (QED) is 0.118. The minimum Gasteiger partial charge on any atom is -0.375 e. The van der Waals surface area contributed by atoms with Crippen LogP contribution in [0.2, 0.25) is 0 Å². The highest BCUT2D eigenvalue weighted by Gasteiger charge is 2.26. The van der Waals surface area contributed by atoms with E-state index in [-0.39, 0.29) is 22.5 Å². The molecule has 0 saturated carbocycles. The molecule has 12 aromatic rings. The van der Waals surface area contributed by atoms with Crippen LogP contribution in [0.1, 0.15) is 129 Å². The van der Waals surface area contributed by atoms with Crippen molar-refractivity contribution in [2.45, 2.75) is 145 Å². The van der Waals surface area contributed by atoms with Crippen LogP contribution in [0.5, 0.6) is 0 Å². The van der Waals surface area contributed by atoms with Gasteiger partial charge in [-0.2, -0.15) is 0 Å². The molecular weight excluding hydrogens is 1430 g/mol. The summed E-state index contributed by atoms with van der Waals surface area (Å²) in [7, 11) is 0. The standard InChI is InChI=1S/C21H23BrN2OS.C21H24N2OS.C16H15BrN2S.C16H16N2S.C5H9ClO/c1-11-10-12(2)17(22)13(3)16(11)14-8-7-9-15-18(14)23-20(26-15)24-19(25)21(4,5)6;1-12-10-13(2)17(14(3)11-12)15-8-7-9-16-18(15)22-20(25-16)23-19(24)21(4,5)6;1-8-7-9(2)14(17)10(3)13(8)11-5-4-6-12-15(11)19-16(18)20-12;1-9-7-10(2)14(11(3)8-9)12-5-4-6-13-15(12)18-16(17)19-13;1-5(2,3)4(6)7/h7-10H,1-6H3,(H,23,24,25);7-11H,1-6H3,(H,22,23,24);4-7H,1-3H3,(H2,18,19);4-8H,1-3H3,(H2,17,18);1-3H3. The van der Waals surface area contributed by atoms with Crippen molar-refractivity contribution in [1.29, 1.82) is 0 Å². The summed E-state index contributed by atoms with van der Waals surface area (Å²) in [4.78, 5) is 53.3. The zero-order valence-corrected chi connectivity index (χ0v) is 66.5. The molecule has 8 aromatic carbocycles. The number of hydrogen-bond donors (Lipinski definition) is 4. The monoisotopic (exact) mass is 1520 g/mol. The van der Waals surface area contributed by atoms with E-state index >= 15 is 0 Å². The molecule has 0 bridgehead atoms. The van der Waals surface area contributed by atoms with Gasteiger partial charge >= 0.3 is 0 Å². The van der Waals surface area contributed by atoms with Crippen molar-refractivity contribution < 1.29 is 14.4 Å². The summed E-state index contributed by atoms with van der Waals surface area (Å²) in [5, 5.41) is 8.18. The number of thiazole rings is 4. The van der Waals surface area contributed by atoms with Crippen LogP contribution in [0.3, 0.4) is 0 Å². The third kappa shape index (κ3) is 17.6. The molecular formula is C79H87Br2ClN8O3S4. The first kappa shape index (κ1) is 75.6. The average Bonchev–Trinajstić information content (AvgIpc) is 1.77. The lowest BCUT2D eigenvalue weighted by Gasteiger charge is -2.16. The molecule has 0 aliphatic heterocycles. The summed E-state index contributed by atoms with van der Waals surface area (Å²) in [5.74, 6) is -0.0423. The van der Waals surface area contributed by atoms with Gasteiger partial charge in [0.25, 0.3) is 0 Å². The van der Waals surface area contributed by atoms with Gasteiger partial charge in [-0.25, -0.2) is 19.9 Å². The Kier molecular flexibility index (Phi) is 23.8. The molecule has 0 radical (unpaired) electrons.